The summed E-state index contributed by atoms with van der Waals surface area (Å²) in [5.74, 6) is 0.194. The van der Waals surface area contributed by atoms with Crippen molar-refractivity contribution in [1.82, 2.24) is 25.0 Å². The van der Waals surface area contributed by atoms with Crippen molar-refractivity contribution < 1.29 is 9.90 Å². The molecule has 0 bridgehead atoms. The molecule has 0 saturated carbocycles. The van der Waals surface area contributed by atoms with E-state index in [1.807, 2.05) is 6.92 Å². The first-order valence-corrected chi connectivity index (χ1v) is 11.7. The normalized spacial score (nSPS) is 16.2. The molecule has 0 aliphatic carbocycles. The Labute approximate surface area is 199 Å². The molecule has 0 spiro atoms. The molecular formula is C26H30N6O2. The minimum absolute atomic E-state index is 0.0514. The Morgan fingerprint density at radius 1 is 1.24 bits per heavy atom. The Hall–Kier alpha value is -3.70. The summed E-state index contributed by atoms with van der Waals surface area (Å²) in [5.41, 5.74) is 3.23. The van der Waals surface area contributed by atoms with Crippen molar-refractivity contribution in [2.24, 2.45) is 0 Å². The van der Waals surface area contributed by atoms with Crippen LogP contribution in [0.3, 0.4) is 0 Å². The number of nitriles is 1. The molecule has 1 atom stereocenters. The summed E-state index contributed by atoms with van der Waals surface area (Å²) >= 11 is 0. The molecule has 3 aromatic rings. The zero-order valence-electron chi connectivity index (χ0n) is 19.7. The molecule has 34 heavy (non-hydrogen) atoms. The van der Waals surface area contributed by atoms with Gasteiger partial charge in [0.25, 0.3) is 5.91 Å². The second-order valence-corrected chi connectivity index (χ2v) is 8.83. The van der Waals surface area contributed by atoms with Crippen LogP contribution in [0.5, 0.6) is 5.88 Å². The Bertz CT molecular complexity index is 1190. The van der Waals surface area contributed by atoms with Gasteiger partial charge < -0.3 is 15.3 Å². The van der Waals surface area contributed by atoms with Crippen LogP contribution in [-0.2, 0) is 0 Å². The highest BCUT2D eigenvalue weighted by Gasteiger charge is 2.18. The van der Waals surface area contributed by atoms with Crippen LogP contribution < -0.4 is 5.32 Å². The predicted octanol–water partition coefficient (Wildman–Crippen LogP) is 3.81. The topological polar surface area (TPSA) is 107 Å². The first-order valence-electron chi connectivity index (χ1n) is 11.7. The van der Waals surface area contributed by atoms with Gasteiger partial charge in [-0.05, 0) is 75.0 Å². The fourth-order valence-electron chi connectivity index (χ4n) is 4.46. The van der Waals surface area contributed by atoms with Crippen LogP contribution in [0.15, 0.2) is 42.7 Å². The van der Waals surface area contributed by atoms with Gasteiger partial charge in [-0.2, -0.15) is 15.0 Å². The summed E-state index contributed by atoms with van der Waals surface area (Å²) in [6.07, 6.45) is 7.80. The van der Waals surface area contributed by atoms with Gasteiger partial charge >= 0.3 is 0 Å². The van der Waals surface area contributed by atoms with Crippen LogP contribution in [0.1, 0.15) is 54.1 Å². The number of aromatic hydroxyl groups is 1. The van der Waals surface area contributed by atoms with Gasteiger partial charge in [-0.25, -0.2) is 4.98 Å². The number of nitrogens with zero attached hydrogens (tertiary/aromatic N) is 5. The maximum absolute atomic E-state index is 12.5. The Balaban J connectivity index is 1.37. The van der Waals surface area contributed by atoms with Crippen LogP contribution in [0.4, 0.5) is 0 Å². The molecule has 2 aromatic heterocycles. The minimum atomic E-state index is -0.163. The quantitative estimate of drug-likeness (QED) is 0.522. The van der Waals surface area contributed by atoms with Gasteiger partial charge in [0.2, 0.25) is 5.88 Å². The molecule has 1 unspecified atom stereocenters. The minimum Gasteiger partial charge on any atom is -0.493 e. The van der Waals surface area contributed by atoms with E-state index in [9.17, 15) is 9.90 Å². The SMILES string of the molecule is Cc1cc(C#N)ccc1-c1cnn(-c2ccc(C(=O)NCCCN3CCCCC3C)cn2)c1O. The summed E-state index contributed by atoms with van der Waals surface area (Å²) < 4.78 is 1.33. The van der Waals surface area contributed by atoms with Crippen molar-refractivity contribution in [3.63, 3.8) is 0 Å². The van der Waals surface area contributed by atoms with Gasteiger partial charge in [-0.3, -0.25) is 4.79 Å². The molecule has 1 aliphatic rings. The Kier molecular flexibility index (Phi) is 7.24. The fourth-order valence-corrected chi connectivity index (χ4v) is 4.46. The van der Waals surface area contributed by atoms with E-state index in [1.165, 1.54) is 30.1 Å². The molecule has 1 saturated heterocycles. The first-order chi connectivity index (χ1) is 16.5. The summed E-state index contributed by atoms with van der Waals surface area (Å²) in [6.45, 7) is 6.92. The number of nitrogens with one attached hydrogen (secondary N) is 1. The van der Waals surface area contributed by atoms with Crippen LogP contribution in [-0.4, -0.2) is 56.4 Å². The lowest BCUT2D eigenvalue weighted by Crippen LogP contribution is -2.39. The number of pyridine rings is 1. The van der Waals surface area contributed by atoms with E-state index in [2.05, 4.69) is 33.3 Å². The lowest BCUT2D eigenvalue weighted by molar-refractivity contribution is 0.0948. The zero-order valence-corrected chi connectivity index (χ0v) is 19.7. The highest BCUT2D eigenvalue weighted by atomic mass is 16.3. The van der Waals surface area contributed by atoms with E-state index >= 15 is 0 Å². The number of carbonyl (C=O) groups is 1. The van der Waals surface area contributed by atoms with Gasteiger partial charge in [0.05, 0.1) is 29.0 Å². The molecule has 2 N–H and O–H groups in total. The maximum atomic E-state index is 12.5. The van der Waals surface area contributed by atoms with Crippen LogP contribution in [0, 0.1) is 18.3 Å². The third-order valence-electron chi connectivity index (χ3n) is 6.46. The standard InChI is InChI=1S/C26H30N6O2/c1-18-14-20(15-27)7-9-22(18)23-17-30-32(26(23)34)24-10-8-21(16-29-24)25(33)28-11-5-13-31-12-4-3-6-19(31)2/h7-10,14,16-17,19,34H,3-6,11-13H2,1-2H3,(H,28,33). The number of amides is 1. The molecule has 176 valence electrons. The highest BCUT2D eigenvalue weighted by Crippen LogP contribution is 2.33. The average molecular weight is 459 g/mol. The van der Waals surface area contributed by atoms with Crippen molar-refractivity contribution in [2.45, 2.75) is 45.6 Å². The van der Waals surface area contributed by atoms with E-state index in [-0.39, 0.29) is 11.8 Å². The molecule has 4 rings (SSSR count). The van der Waals surface area contributed by atoms with E-state index in [4.69, 9.17) is 5.26 Å². The van der Waals surface area contributed by atoms with Gasteiger partial charge in [0, 0.05) is 25.3 Å². The summed E-state index contributed by atoms with van der Waals surface area (Å²) in [4.78, 5) is 19.3. The van der Waals surface area contributed by atoms with Gasteiger partial charge in [0.1, 0.15) is 0 Å². The molecule has 8 nitrogen and oxygen atoms in total. The molecule has 1 amide bonds. The van der Waals surface area contributed by atoms with Crippen LogP contribution >= 0.6 is 0 Å². The number of benzene rings is 1. The number of carbonyl (C=O) groups excluding carboxylic acids is 1. The van der Waals surface area contributed by atoms with Crippen molar-refractivity contribution in [1.29, 1.82) is 5.26 Å². The molecule has 1 aliphatic heterocycles. The number of hydrogen-bond donors (Lipinski definition) is 2. The van der Waals surface area contributed by atoms with E-state index < -0.39 is 0 Å². The van der Waals surface area contributed by atoms with Crippen LogP contribution in [0.2, 0.25) is 0 Å². The number of piperidine rings is 1. The summed E-state index contributed by atoms with van der Waals surface area (Å²) in [5, 5.41) is 27.0. The van der Waals surface area contributed by atoms with Crippen molar-refractivity contribution in [3.05, 3.63) is 59.4 Å². The monoisotopic (exact) mass is 458 g/mol. The lowest BCUT2D eigenvalue weighted by Gasteiger charge is -2.33. The number of aromatic nitrogens is 3. The third kappa shape index (κ3) is 5.10. The maximum Gasteiger partial charge on any atom is 0.252 e. The average Bonchev–Trinajstić information content (AvgIpc) is 3.23. The second-order valence-electron chi connectivity index (χ2n) is 8.83. The Morgan fingerprint density at radius 3 is 2.79 bits per heavy atom. The third-order valence-corrected chi connectivity index (χ3v) is 6.46. The molecular weight excluding hydrogens is 428 g/mol. The van der Waals surface area contributed by atoms with E-state index in [0.29, 0.717) is 35.1 Å². The first kappa shape index (κ1) is 23.5. The number of rotatable bonds is 7. The largest absolute Gasteiger partial charge is 0.493 e. The molecule has 3 heterocycles. The molecule has 0 radical (unpaired) electrons. The van der Waals surface area contributed by atoms with Crippen molar-refractivity contribution in [2.75, 3.05) is 19.6 Å². The van der Waals surface area contributed by atoms with Gasteiger partial charge in [0.15, 0.2) is 5.82 Å². The van der Waals surface area contributed by atoms with E-state index in [1.54, 1.807) is 36.5 Å². The highest BCUT2D eigenvalue weighted by molar-refractivity contribution is 5.93. The number of hydrogen-bond acceptors (Lipinski definition) is 6. The zero-order chi connectivity index (χ0) is 24.1. The summed E-state index contributed by atoms with van der Waals surface area (Å²) in [6, 6.07) is 11.3. The number of likely N-dealkylation sites (tertiary alicyclic amines) is 1. The Morgan fingerprint density at radius 2 is 2.09 bits per heavy atom. The fraction of sp³-hybridized carbons (Fsp3) is 0.385. The van der Waals surface area contributed by atoms with E-state index in [0.717, 1.165) is 30.6 Å². The summed E-state index contributed by atoms with van der Waals surface area (Å²) in [7, 11) is 0. The molecule has 8 heteroatoms. The molecule has 1 aromatic carbocycles. The molecule has 1 fully saturated rings. The second kappa shape index (κ2) is 10.5. The van der Waals surface area contributed by atoms with Gasteiger partial charge in [-0.1, -0.05) is 12.5 Å². The van der Waals surface area contributed by atoms with Crippen molar-refractivity contribution in [3.8, 4) is 28.9 Å². The lowest BCUT2D eigenvalue weighted by atomic mass is 10.0. The van der Waals surface area contributed by atoms with Gasteiger partial charge in [-0.15, -0.1) is 0 Å². The number of aryl methyl sites for hydroxylation is 1. The van der Waals surface area contributed by atoms with Crippen LogP contribution in [0.25, 0.3) is 16.9 Å². The van der Waals surface area contributed by atoms with Crippen molar-refractivity contribution >= 4 is 5.91 Å². The predicted molar refractivity (Wildman–Crippen MR) is 130 cm³/mol. The smallest absolute Gasteiger partial charge is 0.252 e.